The smallest absolute Gasteiger partial charge is 0.307 e. The van der Waals surface area contributed by atoms with Crippen molar-refractivity contribution >= 4 is 11.8 Å². The number of nitrogens with zero attached hydrogens (tertiary/aromatic N) is 1. The summed E-state index contributed by atoms with van der Waals surface area (Å²) in [4.78, 5) is 27.3. The number of carbonyl (C=O) groups excluding carboxylic acids is 2. The third kappa shape index (κ3) is 4.15. The standard InChI is InChI=1S/C29H43NO3/c1-20(31)24-9-10-25-23-8-7-21-19-22(33-27(32)13-18-30-16-5-4-6-17-30)11-14-28(21,2)26(23)12-15-29(24,25)3/h7,9,22-23,25-26H,4-6,8,10-19H2,1-3H3/t22-,23+,25+,26-,28-,29+/m0/s1. The van der Waals surface area contributed by atoms with Gasteiger partial charge in [-0.1, -0.05) is 38.0 Å². The second-order valence-electron chi connectivity index (χ2n) is 12.1. The Kier molecular flexibility index (Phi) is 6.35. The van der Waals surface area contributed by atoms with Crippen molar-refractivity contribution in [3.05, 3.63) is 23.3 Å². The predicted octanol–water partition coefficient (Wildman–Crippen LogP) is 5.86. The molecule has 33 heavy (non-hydrogen) atoms. The van der Waals surface area contributed by atoms with Gasteiger partial charge in [0.1, 0.15) is 6.10 Å². The number of likely N-dealkylation sites (tertiary alicyclic amines) is 1. The van der Waals surface area contributed by atoms with Crippen LogP contribution in [0.5, 0.6) is 0 Å². The summed E-state index contributed by atoms with van der Waals surface area (Å²) in [6.07, 6.45) is 16.8. The molecule has 0 amide bonds. The number of piperidine rings is 1. The lowest BCUT2D eigenvalue weighted by atomic mass is 9.47. The van der Waals surface area contributed by atoms with Crippen molar-refractivity contribution in [3.8, 4) is 0 Å². The van der Waals surface area contributed by atoms with E-state index in [0.29, 0.717) is 24.2 Å². The summed E-state index contributed by atoms with van der Waals surface area (Å²) in [5.74, 6) is 2.25. The van der Waals surface area contributed by atoms with Gasteiger partial charge in [0.05, 0.1) is 6.42 Å². The summed E-state index contributed by atoms with van der Waals surface area (Å²) in [5.41, 5.74) is 2.96. The van der Waals surface area contributed by atoms with Gasteiger partial charge in [0.2, 0.25) is 0 Å². The number of hydrogen-bond acceptors (Lipinski definition) is 4. The lowest BCUT2D eigenvalue weighted by molar-refractivity contribution is -0.151. The molecule has 1 aliphatic heterocycles. The Labute approximate surface area is 200 Å². The van der Waals surface area contributed by atoms with Gasteiger partial charge in [-0.25, -0.2) is 0 Å². The van der Waals surface area contributed by atoms with Gasteiger partial charge in [-0.2, -0.15) is 0 Å². The molecule has 0 bridgehead atoms. The SMILES string of the molecule is CC(=O)C1=CC[C@@H]2[C@H]3CC=C4C[C@@H](OC(=O)CCN5CCCCC5)CC[C@]4(C)[C@H]3CC[C@]12C. The normalized spacial score (nSPS) is 40.7. The molecule has 0 aromatic heterocycles. The zero-order valence-electron chi connectivity index (χ0n) is 21.0. The third-order valence-electron chi connectivity index (χ3n) is 10.4. The minimum absolute atomic E-state index is 0.00862. The van der Waals surface area contributed by atoms with Crippen LogP contribution in [0.1, 0.15) is 91.4 Å². The van der Waals surface area contributed by atoms with Crippen LogP contribution < -0.4 is 0 Å². The van der Waals surface area contributed by atoms with Crippen molar-refractivity contribution in [1.29, 1.82) is 0 Å². The van der Waals surface area contributed by atoms with Crippen molar-refractivity contribution in [2.75, 3.05) is 19.6 Å². The van der Waals surface area contributed by atoms with E-state index in [9.17, 15) is 9.59 Å². The van der Waals surface area contributed by atoms with Gasteiger partial charge in [0.25, 0.3) is 0 Å². The highest BCUT2D eigenvalue weighted by Gasteiger charge is 2.57. The molecule has 4 aliphatic carbocycles. The van der Waals surface area contributed by atoms with Crippen LogP contribution in [-0.2, 0) is 14.3 Å². The second kappa shape index (κ2) is 8.98. The van der Waals surface area contributed by atoms with Crippen LogP contribution in [0.3, 0.4) is 0 Å². The topological polar surface area (TPSA) is 46.6 Å². The maximum absolute atomic E-state index is 12.6. The van der Waals surface area contributed by atoms with E-state index in [-0.39, 0.29) is 28.7 Å². The van der Waals surface area contributed by atoms with Gasteiger partial charge >= 0.3 is 5.97 Å². The fraction of sp³-hybridized carbons (Fsp3) is 0.793. The van der Waals surface area contributed by atoms with Crippen molar-refractivity contribution in [1.82, 2.24) is 4.90 Å². The number of ketones is 1. The molecule has 0 unspecified atom stereocenters. The molecule has 5 aliphatic rings. The highest BCUT2D eigenvalue weighted by atomic mass is 16.5. The molecule has 4 heteroatoms. The maximum atomic E-state index is 12.6. The average molecular weight is 454 g/mol. The van der Waals surface area contributed by atoms with E-state index in [4.69, 9.17) is 4.74 Å². The van der Waals surface area contributed by atoms with Crippen molar-refractivity contribution < 1.29 is 14.3 Å². The van der Waals surface area contributed by atoms with Crippen molar-refractivity contribution in [2.45, 2.75) is 97.5 Å². The molecule has 0 N–H and O–H groups in total. The summed E-state index contributed by atoms with van der Waals surface area (Å²) >= 11 is 0. The van der Waals surface area contributed by atoms with E-state index in [1.54, 1.807) is 12.5 Å². The summed E-state index contributed by atoms with van der Waals surface area (Å²) in [7, 11) is 0. The van der Waals surface area contributed by atoms with Gasteiger partial charge in [-0.15, -0.1) is 0 Å². The van der Waals surface area contributed by atoms with Crippen molar-refractivity contribution in [2.24, 2.45) is 28.6 Å². The first kappa shape index (κ1) is 23.3. The average Bonchev–Trinajstić information content (AvgIpc) is 3.16. The molecule has 1 saturated heterocycles. The number of Topliss-reactive ketones (excluding diaryl/α,β-unsaturated/α-hetero) is 1. The van der Waals surface area contributed by atoms with E-state index in [2.05, 4.69) is 30.9 Å². The fourth-order valence-corrected chi connectivity index (χ4v) is 8.52. The van der Waals surface area contributed by atoms with Crippen molar-refractivity contribution in [3.63, 3.8) is 0 Å². The van der Waals surface area contributed by atoms with Gasteiger partial charge < -0.3 is 9.64 Å². The third-order valence-corrected chi connectivity index (χ3v) is 10.4. The fourth-order valence-electron chi connectivity index (χ4n) is 8.52. The van der Waals surface area contributed by atoms with Crippen LogP contribution in [0.4, 0.5) is 0 Å². The molecular formula is C29H43NO3. The summed E-state index contributed by atoms with van der Waals surface area (Å²) in [6.45, 7) is 9.71. The molecule has 6 atom stereocenters. The Balaban J connectivity index is 1.21. The first-order valence-electron chi connectivity index (χ1n) is 13.6. The Morgan fingerprint density at radius 2 is 1.76 bits per heavy atom. The van der Waals surface area contributed by atoms with Gasteiger partial charge in [-0.05, 0) is 106 Å². The number of hydrogen-bond donors (Lipinski definition) is 0. The van der Waals surface area contributed by atoms with Crippen LogP contribution in [0.2, 0.25) is 0 Å². The lowest BCUT2D eigenvalue weighted by Crippen LogP contribution is -2.50. The molecule has 3 fully saturated rings. The van der Waals surface area contributed by atoms with Crippen LogP contribution in [0, 0.1) is 28.6 Å². The molecule has 0 radical (unpaired) electrons. The van der Waals surface area contributed by atoms with Crippen LogP contribution in [0.25, 0.3) is 0 Å². The van der Waals surface area contributed by atoms with Crippen LogP contribution in [-0.4, -0.2) is 42.4 Å². The molecular weight excluding hydrogens is 410 g/mol. The van der Waals surface area contributed by atoms with Gasteiger partial charge in [0.15, 0.2) is 5.78 Å². The summed E-state index contributed by atoms with van der Waals surface area (Å²) in [5, 5.41) is 0. The first-order valence-corrected chi connectivity index (χ1v) is 13.6. The zero-order chi connectivity index (χ0) is 23.2. The molecule has 2 saturated carbocycles. The Hall–Kier alpha value is -1.42. The Morgan fingerprint density at radius 1 is 1.00 bits per heavy atom. The van der Waals surface area contributed by atoms with E-state index >= 15 is 0 Å². The molecule has 182 valence electrons. The molecule has 4 nitrogen and oxygen atoms in total. The number of carbonyl (C=O) groups is 2. The lowest BCUT2D eigenvalue weighted by Gasteiger charge is -2.57. The van der Waals surface area contributed by atoms with E-state index in [1.807, 2.05) is 0 Å². The molecule has 0 aromatic carbocycles. The summed E-state index contributed by atoms with van der Waals surface area (Å²) in [6, 6.07) is 0. The zero-order valence-corrected chi connectivity index (χ0v) is 21.0. The van der Waals surface area contributed by atoms with E-state index in [1.165, 1.54) is 25.7 Å². The highest BCUT2D eigenvalue weighted by Crippen LogP contribution is 2.65. The van der Waals surface area contributed by atoms with E-state index in [0.717, 1.165) is 63.7 Å². The number of fused-ring (bicyclic) bond motifs is 5. The summed E-state index contributed by atoms with van der Waals surface area (Å²) < 4.78 is 5.99. The second-order valence-corrected chi connectivity index (χ2v) is 12.1. The molecule has 5 rings (SSSR count). The van der Waals surface area contributed by atoms with E-state index < -0.39 is 0 Å². The largest absolute Gasteiger partial charge is 0.462 e. The Morgan fingerprint density at radius 3 is 2.52 bits per heavy atom. The highest BCUT2D eigenvalue weighted by molar-refractivity contribution is 5.95. The molecule has 0 spiro atoms. The molecule has 1 heterocycles. The van der Waals surface area contributed by atoms with Crippen LogP contribution in [0.15, 0.2) is 23.3 Å². The minimum atomic E-state index is -0.00862. The number of ether oxygens (including phenoxy) is 1. The molecule has 0 aromatic rings. The number of rotatable bonds is 5. The van der Waals surface area contributed by atoms with Gasteiger partial charge in [-0.3, -0.25) is 9.59 Å². The minimum Gasteiger partial charge on any atom is -0.462 e. The maximum Gasteiger partial charge on any atom is 0.307 e. The number of esters is 1. The first-order chi connectivity index (χ1) is 15.8. The monoisotopic (exact) mass is 453 g/mol. The Bertz CT molecular complexity index is 853. The predicted molar refractivity (Wildman–Crippen MR) is 131 cm³/mol. The van der Waals surface area contributed by atoms with Gasteiger partial charge in [0, 0.05) is 13.0 Å². The number of allylic oxidation sites excluding steroid dienone is 3. The van der Waals surface area contributed by atoms with Crippen LogP contribution >= 0.6 is 0 Å². The quantitative estimate of drug-likeness (QED) is 0.386.